The third-order valence-corrected chi connectivity index (χ3v) is 4.03. The summed E-state index contributed by atoms with van der Waals surface area (Å²) in [6.45, 7) is 0.876. The zero-order chi connectivity index (χ0) is 18.1. The first kappa shape index (κ1) is 16.2. The lowest BCUT2D eigenvalue weighted by Gasteiger charge is -2.09. The molecule has 0 bridgehead atoms. The van der Waals surface area contributed by atoms with Gasteiger partial charge in [0.2, 0.25) is 5.82 Å². The van der Waals surface area contributed by atoms with Crippen molar-refractivity contribution in [3.05, 3.63) is 64.7 Å². The van der Waals surface area contributed by atoms with Crippen LogP contribution >= 0.6 is 0 Å². The highest BCUT2D eigenvalue weighted by atomic mass is 16.5. The van der Waals surface area contributed by atoms with Crippen LogP contribution in [0.25, 0.3) is 33.7 Å². The summed E-state index contributed by atoms with van der Waals surface area (Å²) < 4.78 is 5.40. The largest absolute Gasteiger partial charge is 0.334 e. The van der Waals surface area contributed by atoms with E-state index < -0.39 is 0 Å². The normalized spacial score (nSPS) is 11.3. The lowest BCUT2D eigenvalue weighted by atomic mass is 10.1. The molecular formula is C19H17N5O2. The monoisotopic (exact) mass is 347 g/mol. The van der Waals surface area contributed by atoms with Gasteiger partial charge in [-0.15, -0.1) is 0 Å². The molecule has 0 unspecified atom stereocenters. The maximum Gasteiger partial charge on any atom is 0.258 e. The average molecular weight is 347 g/mol. The van der Waals surface area contributed by atoms with Gasteiger partial charge in [-0.1, -0.05) is 29.4 Å². The lowest BCUT2D eigenvalue weighted by Crippen LogP contribution is -2.10. The number of fused-ring (bicyclic) bond motifs is 1. The van der Waals surface area contributed by atoms with E-state index in [4.69, 9.17) is 4.52 Å². The number of rotatable bonds is 4. The number of benzene rings is 2. The van der Waals surface area contributed by atoms with E-state index in [1.165, 1.54) is 11.9 Å². The van der Waals surface area contributed by atoms with Crippen LogP contribution in [0.15, 0.2) is 58.1 Å². The Hall–Kier alpha value is -3.32. The molecule has 1 N–H and O–H groups in total. The van der Waals surface area contributed by atoms with Crippen molar-refractivity contribution in [2.75, 3.05) is 14.1 Å². The Balaban J connectivity index is 1.64. The first-order chi connectivity index (χ1) is 12.6. The third kappa shape index (κ3) is 3.12. The topological polar surface area (TPSA) is 87.9 Å². The molecule has 0 aliphatic rings. The molecule has 0 atom stereocenters. The number of nitrogens with one attached hydrogen (secondary N) is 1. The molecule has 0 aliphatic carbocycles. The molecule has 0 radical (unpaired) electrons. The SMILES string of the molecule is CN(C)Cc1ccc(-c2noc(-c3ccc4c(=O)[nH]cnc4c3)n2)cc1. The summed E-state index contributed by atoms with van der Waals surface area (Å²) in [5.41, 5.74) is 3.23. The Labute approximate surface area is 149 Å². The molecule has 130 valence electrons. The summed E-state index contributed by atoms with van der Waals surface area (Å²) in [5, 5.41) is 4.59. The minimum atomic E-state index is -0.175. The van der Waals surface area contributed by atoms with E-state index in [0.717, 1.165) is 17.7 Å². The Kier molecular flexibility index (Phi) is 4.06. The molecule has 2 aromatic carbocycles. The van der Waals surface area contributed by atoms with Crippen LogP contribution in [0.1, 0.15) is 5.56 Å². The van der Waals surface area contributed by atoms with Crippen molar-refractivity contribution in [3.8, 4) is 22.8 Å². The molecule has 2 aromatic heterocycles. The molecule has 2 heterocycles. The number of hydrogen-bond donors (Lipinski definition) is 1. The Morgan fingerprint density at radius 2 is 1.85 bits per heavy atom. The van der Waals surface area contributed by atoms with Gasteiger partial charge in [0.05, 0.1) is 17.2 Å². The molecule has 0 spiro atoms. The molecule has 7 heteroatoms. The second kappa shape index (κ2) is 6.53. The Morgan fingerprint density at radius 1 is 1.08 bits per heavy atom. The Bertz CT molecular complexity index is 1110. The van der Waals surface area contributed by atoms with Crippen LogP contribution < -0.4 is 5.56 Å². The van der Waals surface area contributed by atoms with E-state index in [2.05, 4.69) is 37.1 Å². The predicted molar refractivity (Wildman–Crippen MR) is 98.5 cm³/mol. The molecule has 4 aromatic rings. The number of aromatic amines is 1. The van der Waals surface area contributed by atoms with E-state index in [1.807, 2.05) is 26.2 Å². The zero-order valence-electron chi connectivity index (χ0n) is 14.4. The predicted octanol–water partition coefficient (Wildman–Crippen LogP) is 2.70. The van der Waals surface area contributed by atoms with Gasteiger partial charge in [-0.3, -0.25) is 4.79 Å². The number of nitrogens with zero attached hydrogens (tertiary/aromatic N) is 4. The van der Waals surface area contributed by atoms with Crippen LogP contribution in [0.4, 0.5) is 0 Å². The Morgan fingerprint density at radius 3 is 2.62 bits per heavy atom. The van der Waals surface area contributed by atoms with Gasteiger partial charge in [0.15, 0.2) is 0 Å². The molecule has 4 rings (SSSR count). The van der Waals surface area contributed by atoms with Crippen molar-refractivity contribution in [1.82, 2.24) is 25.0 Å². The molecule has 0 amide bonds. The highest BCUT2D eigenvalue weighted by molar-refractivity contribution is 5.81. The standard InChI is InChI=1S/C19H17N5O2/c1-24(2)10-12-3-5-13(6-4-12)17-22-19(26-23-17)14-7-8-15-16(9-14)20-11-21-18(15)25/h3-9,11H,10H2,1-2H3,(H,20,21,25). The van der Waals surface area contributed by atoms with Crippen LogP contribution in [0.5, 0.6) is 0 Å². The summed E-state index contributed by atoms with van der Waals surface area (Å²) in [7, 11) is 4.07. The minimum Gasteiger partial charge on any atom is -0.334 e. The van der Waals surface area contributed by atoms with Crippen LogP contribution in [0, 0.1) is 0 Å². The maximum absolute atomic E-state index is 11.8. The van der Waals surface area contributed by atoms with Gasteiger partial charge in [0.25, 0.3) is 11.4 Å². The van der Waals surface area contributed by atoms with Gasteiger partial charge in [0, 0.05) is 17.7 Å². The zero-order valence-corrected chi connectivity index (χ0v) is 14.4. The fourth-order valence-electron chi connectivity index (χ4n) is 2.78. The van der Waals surface area contributed by atoms with Gasteiger partial charge in [-0.2, -0.15) is 4.98 Å². The van der Waals surface area contributed by atoms with Gasteiger partial charge >= 0.3 is 0 Å². The third-order valence-electron chi connectivity index (χ3n) is 4.03. The number of hydrogen-bond acceptors (Lipinski definition) is 6. The van der Waals surface area contributed by atoms with Crippen LogP contribution in [0.3, 0.4) is 0 Å². The molecule has 0 aliphatic heterocycles. The van der Waals surface area contributed by atoms with Crippen LogP contribution in [0.2, 0.25) is 0 Å². The van der Waals surface area contributed by atoms with Crippen molar-refractivity contribution < 1.29 is 4.52 Å². The quantitative estimate of drug-likeness (QED) is 0.611. The molecule has 26 heavy (non-hydrogen) atoms. The van der Waals surface area contributed by atoms with Crippen molar-refractivity contribution in [2.45, 2.75) is 6.54 Å². The van der Waals surface area contributed by atoms with Crippen LogP contribution in [-0.4, -0.2) is 39.1 Å². The van der Waals surface area contributed by atoms with Crippen LogP contribution in [-0.2, 0) is 6.54 Å². The van der Waals surface area contributed by atoms with E-state index in [1.54, 1.807) is 18.2 Å². The summed E-state index contributed by atoms with van der Waals surface area (Å²) in [5.74, 6) is 0.914. The van der Waals surface area contributed by atoms with Gasteiger partial charge in [-0.25, -0.2) is 4.98 Å². The fraction of sp³-hybridized carbons (Fsp3) is 0.158. The van der Waals surface area contributed by atoms with Crippen molar-refractivity contribution in [1.29, 1.82) is 0 Å². The van der Waals surface area contributed by atoms with E-state index in [-0.39, 0.29) is 5.56 Å². The lowest BCUT2D eigenvalue weighted by molar-refractivity contribution is 0.402. The highest BCUT2D eigenvalue weighted by Crippen LogP contribution is 2.24. The average Bonchev–Trinajstić information content (AvgIpc) is 3.12. The van der Waals surface area contributed by atoms with E-state index in [0.29, 0.717) is 22.6 Å². The van der Waals surface area contributed by atoms with E-state index >= 15 is 0 Å². The number of H-pyrrole nitrogens is 1. The maximum atomic E-state index is 11.8. The smallest absolute Gasteiger partial charge is 0.258 e. The second-order valence-electron chi connectivity index (χ2n) is 6.32. The van der Waals surface area contributed by atoms with Gasteiger partial charge < -0.3 is 14.4 Å². The highest BCUT2D eigenvalue weighted by Gasteiger charge is 2.12. The van der Waals surface area contributed by atoms with Gasteiger partial charge in [-0.05, 0) is 37.9 Å². The van der Waals surface area contributed by atoms with Gasteiger partial charge in [0.1, 0.15) is 0 Å². The number of aromatic nitrogens is 4. The summed E-state index contributed by atoms with van der Waals surface area (Å²) in [4.78, 5) is 25.1. The first-order valence-electron chi connectivity index (χ1n) is 8.16. The molecule has 0 fully saturated rings. The van der Waals surface area contributed by atoms with E-state index in [9.17, 15) is 4.79 Å². The van der Waals surface area contributed by atoms with Crippen molar-refractivity contribution in [2.24, 2.45) is 0 Å². The molecule has 0 saturated carbocycles. The molecular weight excluding hydrogens is 330 g/mol. The summed E-state index contributed by atoms with van der Waals surface area (Å²) in [6, 6.07) is 13.3. The first-order valence-corrected chi connectivity index (χ1v) is 8.16. The van der Waals surface area contributed by atoms with Crippen molar-refractivity contribution in [3.63, 3.8) is 0 Å². The molecule has 7 nitrogen and oxygen atoms in total. The van der Waals surface area contributed by atoms with Crippen molar-refractivity contribution >= 4 is 10.9 Å². The summed E-state index contributed by atoms with van der Waals surface area (Å²) in [6.07, 6.45) is 1.38. The minimum absolute atomic E-state index is 0.175. The second-order valence-corrected chi connectivity index (χ2v) is 6.32. The molecule has 0 saturated heterocycles. The fourth-order valence-corrected chi connectivity index (χ4v) is 2.78. The summed E-state index contributed by atoms with van der Waals surface area (Å²) >= 11 is 0.